The lowest BCUT2D eigenvalue weighted by Gasteiger charge is -2.24. The minimum atomic E-state index is -2.90. The zero-order valence-corrected chi connectivity index (χ0v) is 11.4. The molecule has 6 nitrogen and oxygen atoms in total. The van der Waals surface area contributed by atoms with Crippen LogP contribution in [-0.4, -0.2) is 43.0 Å². The molecule has 18 heavy (non-hydrogen) atoms. The zero-order chi connectivity index (χ0) is 13.2. The quantitative estimate of drug-likeness (QED) is 0.846. The summed E-state index contributed by atoms with van der Waals surface area (Å²) in [4.78, 5) is 8.40. The Bertz CT molecular complexity index is 530. The molecule has 1 fully saturated rings. The summed E-state index contributed by atoms with van der Waals surface area (Å²) in [6.45, 7) is 1.90. The molecule has 1 aliphatic rings. The topological polar surface area (TPSA) is 84.0 Å². The second-order valence-electron chi connectivity index (χ2n) is 4.57. The van der Waals surface area contributed by atoms with Crippen molar-refractivity contribution in [3.63, 3.8) is 0 Å². The SMILES string of the molecule is CNc1ncc(C)c(NC2CCCS(=O)(=O)C2)n1. The molecule has 0 saturated carbocycles. The van der Waals surface area contributed by atoms with Crippen LogP contribution in [0.2, 0.25) is 0 Å². The second-order valence-corrected chi connectivity index (χ2v) is 6.80. The van der Waals surface area contributed by atoms with Gasteiger partial charge in [0, 0.05) is 24.8 Å². The number of sulfone groups is 1. The molecule has 1 aromatic heterocycles. The molecule has 0 aromatic carbocycles. The largest absolute Gasteiger partial charge is 0.366 e. The van der Waals surface area contributed by atoms with Gasteiger partial charge in [-0.1, -0.05) is 0 Å². The molecule has 0 bridgehead atoms. The summed E-state index contributed by atoms with van der Waals surface area (Å²) >= 11 is 0. The molecule has 2 rings (SSSR count). The molecule has 1 aliphatic heterocycles. The number of nitrogens with zero attached hydrogens (tertiary/aromatic N) is 2. The Kier molecular flexibility index (Phi) is 3.70. The van der Waals surface area contributed by atoms with Gasteiger partial charge in [-0.25, -0.2) is 13.4 Å². The lowest BCUT2D eigenvalue weighted by Crippen LogP contribution is -2.35. The zero-order valence-electron chi connectivity index (χ0n) is 10.6. The molecule has 0 amide bonds. The lowest BCUT2D eigenvalue weighted by atomic mass is 10.2. The Balaban J connectivity index is 2.13. The maximum atomic E-state index is 11.6. The highest BCUT2D eigenvalue weighted by Gasteiger charge is 2.25. The summed E-state index contributed by atoms with van der Waals surface area (Å²) in [5, 5.41) is 6.08. The van der Waals surface area contributed by atoms with E-state index in [0.29, 0.717) is 23.9 Å². The monoisotopic (exact) mass is 270 g/mol. The molecule has 7 heteroatoms. The maximum absolute atomic E-state index is 11.6. The van der Waals surface area contributed by atoms with Crippen LogP contribution < -0.4 is 10.6 Å². The molecule has 0 aliphatic carbocycles. The summed E-state index contributed by atoms with van der Waals surface area (Å²) in [5.41, 5.74) is 0.914. The third-order valence-electron chi connectivity index (χ3n) is 3.00. The van der Waals surface area contributed by atoms with Gasteiger partial charge in [0.05, 0.1) is 11.5 Å². The van der Waals surface area contributed by atoms with Crippen molar-refractivity contribution >= 4 is 21.6 Å². The first-order valence-electron chi connectivity index (χ1n) is 5.98. The minimum absolute atomic E-state index is 0.0537. The number of hydrogen-bond acceptors (Lipinski definition) is 6. The van der Waals surface area contributed by atoms with Crippen LogP contribution in [0.25, 0.3) is 0 Å². The summed E-state index contributed by atoms with van der Waals surface area (Å²) in [6, 6.07) is -0.0537. The first-order chi connectivity index (χ1) is 8.50. The predicted molar refractivity (Wildman–Crippen MR) is 71.6 cm³/mol. The fourth-order valence-corrected chi connectivity index (χ4v) is 3.67. The highest BCUT2D eigenvalue weighted by Crippen LogP contribution is 2.19. The van der Waals surface area contributed by atoms with Gasteiger partial charge in [-0.3, -0.25) is 0 Å². The van der Waals surface area contributed by atoms with Crippen LogP contribution in [0.5, 0.6) is 0 Å². The maximum Gasteiger partial charge on any atom is 0.224 e. The number of aryl methyl sites for hydroxylation is 1. The van der Waals surface area contributed by atoms with Crippen LogP contribution in [-0.2, 0) is 9.84 Å². The molecule has 1 saturated heterocycles. The molecule has 1 atom stereocenters. The third-order valence-corrected chi connectivity index (χ3v) is 4.82. The van der Waals surface area contributed by atoms with Crippen molar-refractivity contribution < 1.29 is 8.42 Å². The number of anilines is 2. The van der Waals surface area contributed by atoms with Crippen LogP contribution in [0.4, 0.5) is 11.8 Å². The molecule has 1 unspecified atom stereocenters. The normalized spacial score (nSPS) is 22.4. The van der Waals surface area contributed by atoms with Crippen molar-refractivity contribution in [1.29, 1.82) is 0 Å². The van der Waals surface area contributed by atoms with Gasteiger partial charge in [0.25, 0.3) is 0 Å². The van der Waals surface area contributed by atoms with Crippen molar-refractivity contribution in [1.82, 2.24) is 9.97 Å². The van der Waals surface area contributed by atoms with Crippen molar-refractivity contribution in [2.75, 3.05) is 29.2 Å². The van der Waals surface area contributed by atoms with E-state index in [2.05, 4.69) is 20.6 Å². The van der Waals surface area contributed by atoms with Gasteiger partial charge in [0.1, 0.15) is 5.82 Å². The molecule has 0 spiro atoms. The number of hydrogen-bond donors (Lipinski definition) is 2. The lowest BCUT2D eigenvalue weighted by molar-refractivity contribution is 0.561. The third kappa shape index (κ3) is 3.10. The Morgan fingerprint density at radius 3 is 2.89 bits per heavy atom. The molecule has 100 valence electrons. The van der Waals surface area contributed by atoms with E-state index in [9.17, 15) is 8.42 Å². The summed E-state index contributed by atoms with van der Waals surface area (Å²) in [7, 11) is -1.15. The van der Waals surface area contributed by atoms with Gasteiger partial charge in [-0.05, 0) is 19.8 Å². The standard InChI is InChI=1S/C11H18N4O2S/c1-8-6-13-11(12-2)15-10(8)14-9-4-3-5-18(16,17)7-9/h6,9H,3-5,7H2,1-2H3,(H2,12,13,14,15). The Morgan fingerprint density at radius 2 is 2.22 bits per heavy atom. The highest BCUT2D eigenvalue weighted by atomic mass is 32.2. The number of nitrogens with one attached hydrogen (secondary N) is 2. The van der Waals surface area contributed by atoms with Crippen molar-refractivity contribution in [3.05, 3.63) is 11.8 Å². The Hall–Kier alpha value is -1.37. The van der Waals surface area contributed by atoms with Gasteiger partial charge < -0.3 is 10.6 Å². The van der Waals surface area contributed by atoms with Gasteiger partial charge in [0.2, 0.25) is 5.95 Å². The second kappa shape index (κ2) is 5.09. The van der Waals surface area contributed by atoms with Gasteiger partial charge in [0.15, 0.2) is 9.84 Å². The number of aromatic nitrogens is 2. The van der Waals surface area contributed by atoms with E-state index in [1.165, 1.54) is 0 Å². The fraction of sp³-hybridized carbons (Fsp3) is 0.636. The summed E-state index contributed by atoms with van der Waals surface area (Å²) < 4.78 is 23.1. The van der Waals surface area contributed by atoms with E-state index in [0.717, 1.165) is 12.0 Å². The van der Waals surface area contributed by atoms with Gasteiger partial charge in [-0.15, -0.1) is 0 Å². The minimum Gasteiger partial charge on any atom is -0.366 e. The van der Waals surface area contributed by atoms with E-state index in [1.54, 1.807) is 13.2 Å². The summed E-state index contributed by atoms with van der Waals surface area (Å²) in [6.07, 6.45) is 3.29. The molecular weight excluding hydrogens is 252 g/mol. The highest BCUT2D eigenvalue weighted by molar-refractivity contribution is 7.91. The fourth-order valence-electron chi connectivity index (χ4n) is 2.04. The first kappa shape index (κ1) is 13.1. The molecular formula is C11H18N4O2S. The van der Waals surface area contributed by atoms with Crippen LogP contribution in [0.3, 0.4) is 0 Å². The van der Waals surface area contributed by atoms with E-state index in [-0.39, 0.29) is 11.8 Å². The summed E-state index contributed by atoms with van der Waals surface area (Å²) in [5.74, 6) is 1.72. The Morgan fingerprint density at radius 1 is 1.44 bits per heavy atom. The van der Waals surface area contributed by atoms with Gasteiger partial charge in [-0.2, -0.15) is 4.98 Å². The average Bonchev–Trinajstić information content (AvgIpc) is 2.31. The molecule has 1 aromatic rings. The van der Waals surface area contributed by atoms with Crippen LogP contribution >= 0.6 is 0 Å². The number of rotatable bonds is 3. The van der Waals surface area contributed by atoms with Crippen molar-refractivity contribution in [2.45, 2.75) is 25.8 Å². The molecule has 2 N–H and O–H groups in total. The van der Waals surface area contributed by atoms with E-state index in [4.69, 9.17) is 0 Å². The van der Waals surface area contributed by atoms with Crippen molar-refractivity contribution in [3.8, 4) is 0 Å². The van der Waals surface area contributed by atoms with E-state index >= 15 is 0 Å². The molecule has 0 radical (unpaired) electrons. The smallest absolute Gasteiger partial charge is 0.224 e. The Labute approximate surface area is 107 Å². The first-order valence-corrected chi connectivity index (χ1v) is 7.80. The predicted octanol–water partition coefficient (Wildman–Crippen LogP) is 0.816. The average molecular weight is 270 g/mol. The van der Waals surface area contributed by atoms with Crippen molar-refractivity contribution in [2.24, 2.45) is 0 Å². The van der Waals surface area contributed by atoms with E-state index < -0.39 is 9.84 Å². The van der Waals surface area contributed by atoms with Crippen LogP contribution in [0.15, 0.2) is 6.20 Å². The van der Waals surface area contributed by atoms with E-state index in [1.807, 2.05) is 6.92 Å². The molecule has 2 heterocycles. The van der Waals surface area contributed by atoms with Crippen LogP contribution in [0.1, 0.15) is 18.4 Å². The van der Waals surface area contributed by atoms with Crippen LogP contribution in [0, 0.1) is 6.92 Å². The van der Waals surface area contributed by atoms with Gasteiger partial charge >= 0.3 is 0 Å².